The van der Waals surface area contributed by atoms with E-state index in [2.05, 4.69) is 38.2 Å². The van der Waals surface area contributed by atoms with Crippen LogP contribution in [0.15, 0.2) is 4.52 Å². The van der Waals surface area contributed by atoms with Gasteiger partial charge in [0.15, 0.2) is 0 Å². The van der Waals surface area contributed by atoms with E-state index in [1.807, 2.05) is 13.8 Å². The minimum absolute atomic E-state index is 0.399. The van der Waals surface area contributed by atoms with Crippen LogP contribution in [0, 0.1) is 19.3 Å². The van der Waals surface area contributed by atoms with Gasteiger partial charge in [0.2, 0.25) is 0 Å². The molecule has 0 saturated heterocycles. The molecule has 0 fully saturated rings. The maximum absolute atomic E-state index is 5.18. The molecule has 1 atom stereocenters. The van der Waals surface area contributed by atoms with Crippen LogP contribution in [-0.2, 0) is 6.42 Å². The number of rotatable bonds is 5. The summed E-state index contributed by atoms with van der Waals surface area (Å²) in [7, 11) is 0. The van der Waals surface area contributed by atoms with Gasteiger partial charge in [-0.15, -0.1) is 0 Å². The molecule has 0 aliphatic heterocycles. The first-order valence-corrected chi connectivity index (χ1v) is 6.45. The molecule has 1 heterocycles. The molecule has 1 rings (SSSR count). The number of hydrogen-bond donors (Lipinski definition) is 1. The zero-order valence-electron chi connectivity index (χ0n) is 12.1. The van der Waals surface area contributed by atoms with Crippen molar-refractivity contribution in [2.75, 3.05) is 6.54 Å². The Hall–Kier alpha value is -0.830. The van der Waals surface area contributed by atoms with E-state index < -0.39 is 0 Å². The highest BCUT2D eigenvalue weighted by Gasteiger charge is 2.14. The van der Waals surface area contributed by atoms with Gasteiger partial charge in [-0.05, 0) is 45.6 Å². The summed E-state index contributed by atoms with van der Waals surface area (Å²) >= 11 is 0. The van der Waals surface area contributed by atoms with Gasteiger partial charge in [0.1, 0.15) is 5.76 Å². The van der Waals surface area contributed by atoms with Crippen molar-refractivity contribution in [1.29, 1.82) is 0 Å². The third-order valence-corrected chi connectivity index (χ3v) is 3.06. The first-order valence-electron chi connectivity index (χ1n) is 6.45. The molecule has 0 bridgehead atoms. The highest BCUT2D eigenvalue weighted by atomic mass is 16.5. The van der Waals surface area contributed by atoms with E-state index in [9.17, 15) is 0 Å². The Morgan fingerprint density at radius 1 is 1.29 bits per heavy atom. The summed E-state index contributed by atoms with van der Waals surface area (Å²) in [6, 6.07) is 0.467. The summed E-state index contributed by atoms with van der Waals surface area (Å²) in [4.78, 5) is 0. The number of hydrogen-bond acceptors (Lipinski definition) is 3. The van der Waals surface area contributed by atoms with Gasteiger partial charge < -0.3 is 9.84 Å². The van der Waals surface area contributed by atoms with E-state index in [4.69, 9.17) is 4.52 Å². The summed E-state index contributed by atoms with van der Waals surface area (Å²) in [6.45, 7) is 14.1. The van der Waals surface area contributed by atoms with Crippen molar-refractivity contribution >= 4 is 0 Å². The van der Waals surface area contributed by atoms with Gasteiger partial charge in [-0.2, -0.15) is 0 Å². The van der Waals surface area contributed by atoms with Crippen LogP contribution in [0.1, 0.15) is 51.1 Å². The van der Waals surface area contributed by atoms with Crippen LogP contribution in [-0.4, -0.2) is 17.7 Å². The molecule has 3 heteroatoms. The molecule has 17 heavy (non-hydrogen) atoms. The second-order valence-corrected chi connectivity index (χ2v) is 6.17. The van der Waals surface area contributed by atoms with Crippen LogP contribution in [0.2, 0.25) is 0 Å². The Kier molecular flexibility index (Phi) is 4.75. The fraction of sp³-hybridized carbons (Fsp3) is 0.786. The molecule has 0 amide bonds. The van der Waals surface area contributed by atoms with Gasteiger partial charge >= 0.3 is 0 Å². The smallest absolute Gasteiger partial charge is 0.137 e. The number of aromatic nitrogens is 1. The summed E-state index contributed by atoms with van der Waals surface area (Å²) in [6.07, 6.45) is 2.18. The Balaban J connectivity index is 2.38. The zero-order valence-corrected chi connectivity index (χ0v) is 12.1. The first kappa shape index (κ1) is 14.2. The fourth-order valence-corrected chi connectivity index (χ4v) is 1.87. The van der Waals surface area contributed by atoms with Crippen LogP contribution in [0.3, 0.4) is 0 Å². The van der Waals surface area contributed by atoms with E-state index in [0.29, 0.717) is 11.5 Å². The molecule has 0 radical (unpaired) electrons. The maximum Gasteiger partial charge on any atom is 0.137 e. The van der Waals surface area contributed by atoms with E-state index in [0.717, 1.165) is 24.4 Å². The third-order valence-electron chi connectivity index (χ3n) is 3.06. The Bertz CT molecular complexity index is 330. The predicted molar refractivity (Wildman–Crippen MR) is 71.2 cm³/mol. The lowest BCUT2D eigenvalue weighted by molar-refractivity contribution is 0.355. The standard InChI is InChI=1S/C14H26N2O/c1-10(15-8-7-14(4,5)6)9-13-11(2)16-17-12(13)3/h10,15H,7-9H2,1-6H3/t10-/m0/s1. The van der Waals surface area contributed by atoms with E-state index in [-0.39, 0.29) is 0 Å². The summed E-state index contributed by atoms with van der Waals surface area (Å²) < 4.78 is 5.18. The minimum atomic E-state index is 0.399. The molecule has 1 N–H and O–H groups in total. The van der Waals surface area contributed by atoms with Crippen LogP contribution in [0.4, 0.5) is 0 Å². The maximum atomic E-state index is 5.18. The molecule has 0 spiro atoms. The Morgan fingerprint density at radius 2 is 1.94 bits per heavy atom. The second-order valence-electron chi connectivity index (χ2n) is 6.17. The lowest BCUT2D eigenvalue weighted by Crippen LogP contribution is -2.31. The topological polar surface area (TPSA) is 38.1 Å². The van der Waals surface area contributed by atoms with Crippen molar-refractivity contribution in [1.82, 2.24) is 10.5 Å². The van der Waals surface area contributed by atoms with Gasteiger partial charge in [-0.1, -0.05) is 25.9 Å². The molecule has 0 saturated carbocycles. The van der Waals surface area contributed by atoms with Crippen LogP contribution >= 0.6 is 0 Å². The predicted octanol–water partition coefficient (Wildman–Crippen LogP) is 3.25. The molecule has 0 unspecified atom stereocenters. The van der Waals surface area contributed by atoms with Crippen molar-refractivity contribution in [2.45, 2.75) is 60.4 Å². The van der Waals surface area contributed by atoms with Crippen LogP contribution in [0.5, 0.6) is 0 Å². The first-order chi connectivity index (χ1) is 7.79. The quantitative estimate of drug-likeness (QED) is 0.855. The number of nitrogens with one attached hydrogen (secondary N) is 1. The number of nitrogens with zero attached hydrogens (tertiary/aromatic N) is 1. The van der Waals surface area contributed by atoms with Gasteiger partial charge in [-0.25, -0.2) is 0 Å². The van der Waals surface area contributed by atoms with E-state index >= 15 is 0 Å². The molecule has 3 nitrogen and oxygen atoms in total. The monoisotopic (exact) mass is 238 g/mol. The van der Waals surface area contributed by atoms with Crippen molar-refractivity contribution in [3.8, 4) is 0 Å². The second kappa shape index (κ2) is 5.67. The average Bonchev–Trinajstić information content (AvgIpc) is 2.47. The van der Waals surface area contributed by atoms with Crippen molar-refractivity contribution in [2.24, 2.45) is 5.41 Å². The van der Waals surface area contributed by atoms with E-state index in [1.165, 1.54) is 12.0 Å². The van der Waals surface area contributed by atoms with Gasteiger partial charge in [0.25, 0.3) is 0 Å². The van der Waals surface area contributed by atoms with Crippen molar-refractivity contribution < 1.29 is 4.52 Å². The van der Waals surface area contributed by atoms with Crippen LogP contribution < -0.4 is 5.32 Å². The zero-order chi connectivity index (χ0) is 13.1. The third kappa shape index (κ3) is 4.90. The molecule has 0 aliphatic carbocycles. The SMILES string of the molecule is Cc1noc(C)c1C[C@H](C)NCCC(C)(C)C. The Labute approximate surface area is 105 Å². The van der Waals surface area contributed by atoms with E-state index in [1.54, 1.807) is 0 Å². The number of aryl methyl sites for hydroxylation is 2. The lowest BCUT2D eigenvalue weighted by atomic mass is 9.92. The fourth-order valence-electron chi connectivity index (χ4n) is 1.87. The molecule has 0 aromatic carbocycles. The van der Waals surface area contributed by atoms with Gasteiger partial charge in [0.05, 0.1) is 5.69 Å². The van der Waals surface area contributed by atoms with Crippen LogP contribution in [0.25, 0.3) is 0 Å². The Morgan fingerprint density at radius 3 is 2.41 bits per heavy atom. The highest BCUT2D eigenvalue weighted by Crippen LogP contribution is 2.18. The summed E-state index contributed by atoms with van der Waals surface area (Å²) in [5, 5.41) is 7.55. The highest BCUT2D eigenvalue weighted by molar-refractivity contribution is 5.21. The molecular formula is C14H26N2O. The van der Waals surface area contributed by atoms with Gasteiger partial charge in [-0.3, -0.25) is 0 Å². The average molecular weight is 238 g/mol. The molecule has 1 aromatic heterocycles. The van der Waals surface area contributed by atoms with Gasteiger partial charge in [0, 0.05) is 11.6 Å². The molecular weight excluding hydrogens is 212 g/mol. The van der Waals surface area contributed by atoms with Crippen molar-refractivity contribution in [3.63, 3.8) is 0 Å². The lowest BCUT2D eigenvalue weighted by Gasteiger charge is -2.20. The largest absolute Gasteiger partial charge is 0.361 e. The summed E-state index contributed by atoms with van der Waals surface area (Å²) in [5.74, 6) is 0.951. The van der Waals surface area contributed by atoms with Crippen molar-refractivity contribution in [3.05, 3.63) is 17.0 Å². The molecule has 98 valence electrons. The molecule has 0 aliphatic rings. The molecule has 1 aromatic rings. The normalized spacial score (nSPS) is 14.0. The minimum Gasteiger partial charge on any atom is -0.361 e. The summed E-state index contributed by atoms with van der Waals surface area (Å²) in [5.41, 5.74) is 2.67.